The van der Waals surface area contributed by atoms with Gasteiger partial charge in [0.25, 0.3) is 0 Å². The first-order chi connectivity index (χ1) is 10.5. The summed E-state index contributed by atoms with van der Waals surface area (Å²) in [4.78, 5) is 4.13. The van der Waals surface area contributed by atoms with E-state index in [0.717, 1.165) is 0 Å². The van der Waals surface area contributed by atoms with Crippen LogP contribution in [-0.2, 0) is 0 Å². The molecule has 0 saturated heterocycles. The van der Waals surface area contributed by atoms with Crippen molar-refractivity contribution in [3.8, 4) is 17.7 Å². The Morgan fingerprint density at radius 1 is 1.32 bits per heavy atom. The number of aromatic nitrogens is 1. The van der Waals surface area contributed by atoms with Crippen molar-refractivity contribution in [2.24, 2.45) is 0 Å². The van der Waals surface area contributed by atoms with Crippen molar-refractivity contribution >= 4 is 0 Å². The number of hydrogen-bond acceptors (Lipinski definition) is 5. The Balaban J connectivity index is 2.05. The van der Waals surface area contributed by atoms with Gasteiger partial charge < -0.3 is 14.6 Å². The molecule has 0 radical (unpaired) electrons. The molecule has 0 saturated carbocycles. The Morgan fingerprint density at radius 3 is 2.82 bits per heavy atom. The molecule has 0 aliphatic carbocycles. The molecule has 0 amide bonds. The Morgan fingerprint density at radius 2 is 2.14 bits per heavy atom. The van der Waals surface area contributed by atoms with E-state index in [2.05, 4.69) is 11.1 Å². The third-order valence-corrected chi connectivity index (χ3v) is 3.70. The highest BCUT2D eigenvalue weighted by molar-refractivity contribution is 5.46. The SMILES string of the molecule is CC1(C)Oc2ccc(C#N)cc2C(Oc2ccccn2)C1O. The van der Waals surface area contributed by atoms with E-state index in [1.54, 1.807) is 50.4 Å². The lowest BCUT2D eigenvalue weighted by atomic mass is 9.88. The molecule has 2 unspecified atom stereocenters. The van der Waals surface area contributed by atoms with Crippen molar-refractivity contribution in [1.29, 1.82) is 5.26 Å². The van der Waals surface area contributed by atoms with E-state index < -0.39 is 17.8 Å². The van der Waals surface area contributed by atoms with Crippen LogP contribution in [0.2, 0.25) is 0 Å². The second kappa shape index (κ2) is 5.32. The summed E-state index contributed by atoms with van der Waals surface area (Å²) in [5, 5.41) is 19.7. The number of hydrogen-bond donors (Lipinski definition) is 1. The Hall–Kier alpha value is -2.58. The maximum atomic E-state index is 10.6. The van der Waals surface area contributed by atoms with Crippen LogP contribution in [-0.4, -0.2) is 21.8 Å². The van der Waals surface area contributed by atoms with E-state index in [-0.39, 0.29) is 0 Å². The Kier molecular flexibility index (Phi) is 3.47. The van der Waals surface area contributed by atoms with Gasteiger partial charge >= 0.3 is 0 Å². The molecule has 5 heteroatoms. The third-order valence-electron chi connectivity index (χ3n) is 3.70. The maximum Gasteiger partial charge on any atom is 0.213 e. The van der Waals surface area contributed by atoms with Gasteiger partial charge in [0.05, 0.1) is 11.6 Å². The van der Waals surface area contributed by atoms with Crippen LogP contribution in [0.3, 0.4) is 0 Å². The first-order valence-corrected chi connectivity index (χ1v) is 7.00. The molecule has 0 fully saturated rings. The van der Waals surface area contributed by atoms with Crippen LogP contribution in [0.15, 0.2) is 42.6 Å². The number of rotatable bonds is 2. The van der Waals surface area contributed by atoms with Crippen molar-refractivity contribution in [3.05, 3.63) is 53.7 Å². The van der Waals surface area contributed by atoms with Crippen LogP contribution in [0.1, 0.15) is 31.1 Å². The lowest BCUT2D eigenvalue weighted by Gasteiger charge is -2.41. The number of aliphatic hydroxyl groups excluding tert-OH is 1. The average molecular weight is 296 g/mol. The van der Waals surface area contributed by atoms with Gasteiger partial charge in [0.2, 0.25) is 5.88 Å². The van der Waals surface area contributed by atoms with Gasteiger partial charge in [-0.15, -0.1) is 0 Å². The normalized spacial score (nSPS) is 22.1. The quantitative estimate of drug-likeness (QED) is 0.922. The highest BCUT2D eigenvalue weighted by Gasteiger charge is 2.44. The zero-order chi connectivity index (χ0) is 15.7. The van der Waals surface area contributed by atoms with Crippen molar-refractivity contribution in [1.82, 2.24) is 4.98 Å². The monoisotopic (exact) mass is 296 g/mol. The zero-order valence-electron chi connectivity index (χ0n) is 12.4. The molecule has 0 spiro atoms. The van der Waals surface area contributed by atoms with Gasteiger partial charge in [-0.05, 0) is 38.1 Å². The summed E-state index contributed by atoms with van der Waals surface area (Å²) >= 11 is 0. The highest BCUT2D eigenvalue weighted by Crippen LogP contribution is 2.42. The molecule has 1 aliphatic heterocycles. The lowest BCUT2D eigenvalue weighted by Crippen LogP contribution is -2.50. The molecule has 1 aromatic carbocycles. The van der Waals surface area contributed by atoms with Crippen LogP contribution in [0.4, 0.5) is 0 Å². The third kappa shape index (κ3) is 2.49. The van der Waals surface area contributed by atoms with Crippen LogP contribution in [0.5, 0.6) is 11.6 Å². The minimum Gasteiger partial charge on any atom is -0.485 e. The first kappa shape index (κ1) is 14.4. The van der Waals surface area contributed by atoms with Gasteiger partial charge in [-0.2, -0.15) is 5.26 Å². The number of fused-ring (bicyclic) bond motifs is 1. The number of aliphatic hydroxyl groups is 1. The Labute approximate surface area is 128 Å². The van der Waals surface area contributed by atoms with Crippen molar-refractivity contribution in [2.45, 2.75) is 31.7 Å². The largest absolute Gasteiger partial charge is 0.485 e. The Bertz CT molecular complexity index is 722. The van der Waals surface area contributed by atoms with E-state index in [0.29, 0.717) is 22.8 Å². The molecule has 1 aliphatic rings. The minimum absolute atomic E-state index is 0.414. The molecule has 2 aromatic rings. The van der Waals surface area contributed by atoms with E-state index in [9.17, 15) is 5.11 Å². The molecular formula is C17H16N2O3. The second-order valence-electron chi connectivity index (χ2n) is 5.72. The molecule has 5 nitrogen and oxygen atoms in total. The summed E-state index contributed by atoms with van der Waals surface area (Å²) in [5.74, 6) is 1.02. The number of pyridine rings is 1. The molecule has 0 bridgehead atoms. The van der Waals surface area contributed by atoms with Crippen molar-refractivity contribution < 1.29 is 14.6 Å². The molecule has 1 N–H and O–H groups in total. The van der Waals surface area contributed by atoms with Crippen LogP contribution in [0.25, 0.3) is 0 Å². The maximum absolute atomic E-state index is 10.6. The number of ether oxygens (including phenoxy) is 2. The molecule has 3 rings (SSSR count). The molecule has 1 aromatic heterocycles. The standard InChI is InChI=1S/C17H16N2O3/c1-17(2)16(20)15(21-14-5-3-4-8-19-14)12-9-11(10-18)6-7-13(12)22-17/h3-9,15-16,20H,1-2H3. The van der Waals surface area contributed by atoms with Gasteiger partial charge in [-0.3, -0.25) is 0 Å². The molecule has 2 atom stereocenters. The molecule has 22 heavy (non-hydrogen) atoms. The molecular weight excluding hydrogens is 280 g/mol. The predicted molar refractivity (Wildman–Crippen MR) is 79.5 cm³/mol. The summed E-state index contributed by atoms with van der Waals surface area (Å²) in [6, 6.07) is 12.5. The fourth-order valence-electron chi connectivity index (χ4n) is 2.49. The van der Waals surface area contributed by atoms with Crippen molar-refractivity contribution in [3.63, 3.8) is 0 Å². The summed E-state index contributed by atoms with van der Waals surface area (Å²) in [5.41, 5.74) is 0.334. The smallest absolute Gasteiger partial charge is 0.213 e. The summed E-state index contributed by atoms with van der Waals surface area (Å²) in [6.45, 7) is 3.60. The van der Waals surface area contributed by atoms with Gasteiger partial charge in [-0.25, -0.2) is 4.98 Å². The number of nitrogens with zero attached hydrogens (tertiary/aromatic N) is 2. The number of benzene rings is 1. The fraction of sp³-hybridized carbons (Fsp3) is 0.294. The van der Waals surface area contributed by atoms with Crippen molar-refractivity contribution in [2.75, 3.05) is 0 Å². The summed E-state index contributed by atoms with van der Waals surface area (Å²) in [6.07, 6.45) is 0.0802. The topological polar surface area (TPSA) is 75.4 Å². The fourth-order valence-corrected chi connectivity index (χ4v) is 2.49. The second-order valence-corrected chi connectivity index (χ2v) is 5.72. The van der Waals surface area contributed by atoms with E-state index >= 15 is 0 Å². The summed E-state index contributed by atoms with van der Waals surface area (Å²) in [7, 11) is 0. The lowest BCUT2D eigenvalue weighted by molar-refractivity contribution is -0.104. The van der Waals surface area contributed by atoms with Gasteiger partial charge in [-0.1, -0.05) is 6.07 Å². The minimum atomic E-state index is -0.893. The van der Waals surface area contributed by atoms with E-state index in [1.165, 1.54) is 0 Å². The van der Waals surface area contributed by atoms with Crippen LogP contribution >= 0.6 is 0 Å². The average Bonchev–Trinajstić information content (AvgIpc) is 2.52. The van der Waals surface area contributed by atoms with E-state index in [1.807, 2.05) is 6.07 Å². The van der Waals surface area contributed by atoms with Gasteiger partial charge in [0.15, 0.2) is 6.10 Å². The predicted octanol–water partition coefficient (Wildman–Crippen LogP) is 2.61. The zero-order valence-corrected chi connectivity index (χ0v) is 12.4. The first-order valence-electron chi connectivity index (χ1n) is 7.00. The van der Waals surface area contributed by atoms with Crippen LogP contribution < -0.4 is 9.47 Å². The van der Waals surface area contributed by atoms with Gasteiger partial charge in [0, 0.05) is 17.8 Å². The molecule has 112 valence electrons. The molecule has 2 heterocycles. The number of nitriles is 1. The highest BCUT2D eigenvalue weighted by atomic mass is 16.5. The van der Waals surface area contributed by atoms with Crippen LogP contribution in [0, 0.1) is 11.3 Å². The summed E-state index contributed by atoms with van der Waals surface area (Å²) < 4.78 is 11.7. The van der Waals surface area contributed by atoms with E-state index in [4.69, 9.17) is 14.7 Å². The van der Waals surface area contributed by atoms with Gasteiger partial charge in [0.1, 0.15) is 17.5 Å².